The van der Waals surface area contributed by atoms with Gasteiger partial charge >= 0.3 is 0 Å². The fourth-order valence-electron chi connectivity index (χ4n) is 1.46. The van der Waals surface area contributed by atoms with Crippen molar-refractivity contribution in [3.8, 4) is 0 Å². The topological polar surface area (TPSA) is 29.5 Å². The van der Waals surface area contributed by atoms with Crippen molar-refractivity contribution in [3.63, 3.8) is 0 Å². The fraction of sp³-hybridized carbons (Fsp3) is 0.417. The van der Waals surface area contributed by atoms with Crippen molar-refractivity contribution >= 4 is 56.0 Å². The number of rotatable bonds is 5. The molecule has 0 aliphatic heterocycles. The standard InChI is InChI=1S/C12H14BrClINO2/c1-16(6-9(13)7-18-2)12(17)8-3-4-11(15)10(14)5-8/h3-5,9H,6-7H2,1-2H3. The molecule has 0 spiro atoms. The molecule has 0 saturated heterocycles. The van der Waals surface area contributed by atoms with Gasteiger partial charge < -0.3 is 9.64 Å². The van der Waals surface area contributed by atoms with Gasteiger partial charge in [0.2, 0.25) is 0 Å². The van der Waals surface area contributed by atoms with Gasteiger partial charge in [-0.25, -0.2) is 0 Å². The van der Waals surface area contributed by atoms with Gasteiger partial charge in [-0.2, -0.15) is 0 Å². The predicted octanol–water partition coefficient (Wildman–Crippen LogP) is 3.43. The minimum absolute atomic E-state index is 0.0474. The molecule has 3 nitrogen and oxygen atoms in total. The normalized spacial score (nSPS) is 12.3. The van der Waals surface area contributed by atoms with Crippen LogP contribution in [0, 0.1) is 3.57 Å². The van der Waals surface area contributed by atoms with Crippen molar-refractivity contribution in [2.45, 2.75) is 4.83 Å². The molecule has 0 fully saturated rings. The molecule has 0 saturated carbocycles. The third kappa shape index (κ3) is 4.68. The van der Waals surface area contributed by atoms with E-state index >= 15 is 0 Å². The Labute approximate surface area is 134 Å². The minimum atomic E-state index is -0.0474. The van der Waals surface area contributed by atoms with Gasteiger partial charge in [0.15, 0.2) is 0 Å². The Bertz CT molecular complexity index is 431. The molecule has 0 heterocycles. The van der Waals surface area contributed by atoms with E-state index in [0.29, 0.717) is 23.7 Å². The Morgan fingerprint density at radius 2 is 2.28 bits per heavy atom. The molecule has 1 aromatic rings. The highest BCUT2D eigenvalue weighted by atomic mass is 127. The van der Waals surface area contributed by atoms with Crippen LogP contribution in [0.3, 0.4) is 0 Å². The van der Waals surface area contributed by atoms with Crippen molar-refractivity contribution in [3.05, 3.63) is 32.4 Å². The van der Waals surface area contributed by atoms with Gasteiger partial charge in [0.25, 0.3) is 5.91 Å². The lowest BCUT2D eigenvalue weighted by Gasteiger charge is -2.20. The number of amides is 1. The third-order valence-electron chi connectivity index (χ3n) is 2.33. The number of nitrogens with zero attached hydrogens (tertiary/aromatic N) is 1. The summed E-state index contributed by atoms with van der Waals surface area (Å²) < 4.78 is 5.95. The van der Waals surface area contributed by atoms with E-state index in [1.54, 1.807) is 31.2 Å². The second kappa shape index (κ2) is 7.67. The average Bonchev–Trinajstić information content (AvgIpc) is 2.32. The van der Waals surface area contributed by atoms with Gasteiger partial charge in [0.05, 0.1) is 16.5 Å². The van der Waals surface area contributed by atoms with E-state index in [9.17, 15) is 4.79 Å². The van der Waals surface area contributed by atoms with E-state index in [0.717, 1.165) is 3.57 Å². The van der Waals surface area contributed by atoms with Crippen LogP contribution in [0.15, 0.2) is 18.2 Å². The smallest absolute Gasteiger partial charge is 0.253 e. The van der Waals surface area contributed by atoms with Crippen LogP contribution in [-0.2, 0) is 4.74 Å². The van der Waals surface area contributed by atoms with Gasteiger partial charge in [-0.05, 0) is 40.8 Å². The first kappa shape index (κ1) is 16.2. The lowest BCUT2D eigenvalue weighted by Crippen LogP contribution is -2.33. The lowest BCUT2D eigenvalue weighted by molar-refractivity contribution is 0.0784. The van der Waals surface area contributed by atoms with Crippen LogP contribution in [0.5, 0.6) is 0 Å². The van der Waals surface area contributed by atoms with E-state index in [-0.39, 0.29) is 10.7 Å². The van der Waals surface area contributed by atoms with E-state index < -0.39 is 0 Å². The summed E-state index contributed by atoms with van der Waals surface area (Å²) in [6.45, 7) is 1.14. The second-order valence-corrected chi connectivity index (χ2v) is 6.73. The third-order valence-corrected chi connectivity index (χ3v) is 4.46. The molecule has 1 amide bonds. The van der Waals surface area contributed by atoms with E-state index in [2.05, 4.69) is 38.5 Å². The molecule has 0 radical (unpaired) electrons. The maximum Gasteiger partial charge on any atom is 0.253 e. The largest absolute Gasteiger partial charge is 0.383 e. The van der Waals surface area contributed by atoms with Crippen molar-refractivity contribution in [2.75, 3.05) is 27.3 Å². The monoisotopic (exact) mass is 445 g/mol. The molecule has 6 heteroatoms. The molecule has 1 rings (SSSR count). The SMILES string of the molecule is COCC(Br)CN(C)C(=O)c1ccc(I)c(Cl)c1. The number of halogens is 3. The Morgan fingerprint density at radius 3 is 2.83 bits per heavy atom. The first-order valence-electron chi connectivity index (χ1n) is 5.29. The molecule has 0 aliphatic rings. The van der Waals surface area contributed by atoms with Crippen LogP contribution >= 0.6 is 50.1 Å². The summed E-state index contributed by atoms with van der Waals surface area (Å²) in [5.74, 6) is -0.0474. The Morgan fingerprint density at radius 1 is 1.61 bits per heavy atom. The number of ether oxygens (including phenoxy) is 1. The Balaban J connectivity index is 2.71. The van der Waals surface area contributed by atoms with Crippen LogP contribution in [0.4, 0.5) is 0 Å². The van der Waals surface area contributed by atoms with Crippen molar-refractivity contribution in [2.24, 2.45) is 0 Å². The van der Waals surface area contributed by atoms with Gasteiger partial charge in [-0.3, -0.25) is 4.79 Å². The molecule has 0 aromatic heterocycles. The summed E-state index contributed by atoms with van der Waals surface area (Å²) in [6.07, 6.45) is 0. The van der Waals surface area contributed by atoms with Crippen LogP contribution < -0.4 is 0 Å². The number of hydrogen-bond acceptors (Lipinski definition) is 2. The van der Waals surface area contributed by atoms with Crippen LogP contribution in [0.1, 0.15) is 10.4 Å². The van der Waals surface area contributed by atoms with E-state index in [1.165, 1.54) is 0 Å². The molecule has 0 bridgehead atoms. The first-order valence-corrected chi connectivity index (χ1v) is 7.66. The zero-order valence-corrected chi connectivity index (χ0v) is 14.6. The summed E-state index contributed by atoms with van der Waals surface area (Å²) in [7, 11) is 3.40. The minimum Gasteiger partial charge on any atom is -0.383 e. The van der Waals surface area contributed by atoms with E-state index in [4.69, 9.17) is 16.3 Å². The Kier molecular flexibility index (Phi) is 6.90. The van der Waals surface area contributed by atoms with Crippen LogP contribution in [-0.4, -0.2) is 42.9 Å². The zero-order chi connectivity index (χ0) is 13.7. The molecule has 0 N–H and O–H groups in total. The highest BCUT2D eigenvalue weighted by Gasteiger charge is 2.16. The van der Waals surface area contributed by atoms with Gasteiger partial charge in [0, 0.05) is 29.8 Å². The van der Waals surface area contributed by atoms with E-state index in [1.807, 2.05) is 6.07 Å². The van der Waals surface area contributed by atoms with Gasteiger partial charge in [0.1, 0.15) is 0 Å². The summed E-state index contributed by atoms with van der Waals surface area (Å²) in [5.41, 5.74) is 0.597. The van der Waals surface area contributed by atoms with Crippen molar-refractivity contribution in [1.29, 1.82) is 0 Å². The van der Waals surface area contributed by atoms with Crippen LogP contribution in [0.25, 0.3) is 0 Å². The van der Waals surface area contributed by atoms with Crippen molar-refractivity contribution in [1.82, 2.24) is 4.90 Å². The molecular weight excluding hydrogens is 432 g/mol. The molecule has 100 valence electrons. The van der Waals surface area contributed by atoms with Crippen LogP contribution in [0.2, 0.25) is 5.02 Å². The average molecular weight is 447 g/mol. The number of carbonyl (C=O) groups is 1. The quantitative estimate of drug-likeness (QED) is 0.513. The zero-order valence-electron chi connectivity index (χ0n) is 10.1. The van der Waals surface area contributed by atoms with Gasteiger partial charge in [-0.1, -0.05) is 27.5 Å². The summed E-state index contributed by atoms with van der Waals surface area (Å²) >= 11 is 11.6. The Hall–Kier alpha value is 0.150. The maximum absolute atomic E-state index is 12.2. The molecular formula is C12H14BrClINO2. The first-order chi connectivity index (χ1) is 8.45. The molecule has 1 unspecified atom stereocenters. The number of methoxy groups -OCH3 is 1. The summed E-state index contributed by atoms with van der Waals surface area (Å²) in [4.78, 5) is 13.9. The predicted molar refractivity (Wildman–Crippen MR) is 85.7 cm³/mol. The highest BCUT2D eigenvalue weighted by Crippen LogP contribution is 2.20. The second-order valence-electron chi connectivity index (χ2n) is 3.87. The van der Waals surface area contributed by atoms with Gasteiger partial charge in [-0.15, -0.1) is 0 Å². The maximum atomic E-state index is 12.2. The lowest BCUT2D eigenvalue weighted by atomic mass is 10.2. The van der Waals surface area contributed by atoms with Crippen molar-refractivity contribution < 1.29 is 9.53 Å². The number of benzene rings is 1. The number of hydrogen-bond donors (Lipinski definition) is 0. The number of alkyl halides is 1. The molecule has 0 aliphatic carbocycles. The molecule has 1 atom stereocenters. The number of carbonyl (C=O) groups excluding carboxylic acids is 1. The molecule has 1 aromatic carbocycles. The highest BCUT2D eigenvalue weighted by molar-refractivity contribution is 14.1. The summed E-state index contributed by atoms with van der Waals surface area (Å²) in [5, 5.41) is 0.599. The fourth-order valence-corrected chi connectivity index (χ4v) is 2.68. The summed E-state index contributed by atoms with van der Waals surface area (Å²) in [6, 6.07) is 5.32. The molecule has 18 heavy (non-hydrogen) atoms.